The molecule has 0 saturated carbocycles. The van der Waals surface area contributed by atoms with Crippen molar-refractivity contribution in [3.63, 3.8) is 0 Å². The number of benzene rings is 2. The van der Waals surface area contributed by atoms with Crippen molar-refractivity contribution in [2.45, 2.75) is 11.4 Å². The Kier molecular flexibility index (Phi) is 4.79. The maximum absolute atomic E-state index is 11.4. The third kappa shape index (κ3) is 3.81. The van der Waals surface area contributed by atoms with E-state index in [-0.39, 0.29) is 0 Å². The van der Waals surface area contributed by atoms with Crippen LogP contribution < -0.4 is 5.32 Å². The molecule has 0 aliphatic carbocycles. The van der Waals surface area contributed by atoms with E-state index in [1.807, 2.05) is 53.2 Å². The number of halogens is 1. The molecule has 2 aromatic carbocycles. The number of hydrogen-bond acceptors (Lipinski definition) is 3. The quantitative estimate of drug-likeness (QED) is 0.763. The lowest BCUT2D eigenvalue weighted by atomic mass is 10.2. The third-order valence-electron chi connectivity index (χ3n) is 3.48. The van der Waals surface area contributed by atoms with Crippen molar-refractivity contribution >= 4 is 28.1 Å². The Labute approximate surface area is 142 Å². The van der Waals surface area contributed by atoms with Crippen LogP contribution in [0.15, 0.2) is 66.1 Å². The molecule has 6 heteroatoms. The smallest absolute Gasteiger partial charge is 0.0992 e. The van der Waals surface area contributed by atoms with Crippen molar-refractivity contribution in [3.8, 4) is 5.69 Å². The third-order valence-corrected chi connectivity index (χ3v) is 4.72. The first-order valence-electron chi connectivity index (χ1n) is 7.07. The molecule has 1 atom stereocenters. The van der Waals surface area contributed by atoms with Gasteiger partial charge in [-0.05, 0) is 35.9 Å². The van der Waals surface area contributed by atoms with Crippen molar-refractivity contribution in [2.75, 3.05) is 11.6 Å². The van der Waals surface area contributed by atoms with E-state index in [9.17, 15) is 4.21 Å². The highest BCUT2D eigenvalue weighted by Gasteiger charge is 2.04. The molecule has 0 amide bonds. The lowest BCUT2D eigenvalue weighted by molar-refractivity contribution is 0.687. The molecular formula is C17H16ClN3OS. The molecule has 1 aromatic heterocycles. The molecule has 0 unspecified atom stereocenters. The number of hydrogen-bond donors (Lipinski definition) is 1. The zero-order valence-corrected chi connectivity index (χ0v) is 14.1. The monoisotopic (exact) mass is 345 g/mol. The Hall–Kier alpha value is -2.11. The molecular weight excluding hydrogens is 330 g/mol. The van der Waals surface area contributed by atoms with E-state index in [0.29, 0.717) is 11.6 Å². The fourth-order valence-corrected chi connectivity index (χ4v) is 3.03. The Morgan fingerprint density at radius 1 is 1.22 bits per heavy atom. The number of nitrogens with zero attached hydrogens (tertiary/aromatic N) is 2. The molecule has 0 aliphatic heterocycles. The predicted molar refractivity (Wildman–Crippen MR) is 94.7 cm³/mol. The summed E-state index contributed by atoms with van der Waals surface area (Å²) in [6.45, 7) is 0.678. The molecule has 0 radical (unpaired) electrons. The summed E-state index contributed by atoms with van der Waals surface area (Å²) in [5.74, 6) is 0. The summed E-state index contributed by atoms with van der Waals surface area (Å²) in [4.78, 5) is 4.86. The van der Waals surface area contributed by atoms with Crippen LogP contribution in [0.1, 0.15) is 5.56 Å². The zero-order valence-electron chi connectivity index (χ0n) is 12.6. The van der Waals surface area contributed by atoms with Gasteiger partial charge in [-0.1, -0.05) is 23.7 Å². The first-order valence-corrected chi connectivity index (χ1v) is 9.01. The van der Waals surface area contributed by atoms with Crippen LogP contribution in [-0.2, 0) is 17.3 Å². The van der Waals surface area contributed by atoms with Gasteiger partial charge in [-0.15, -0.1) is 0 Å². The fourth-order valence-electron chi connectivity index (χ4n) is 2.23. The average Bonchev–Trinajstić information content (AvgIpc) is 3.07. The second kappa shape index (κ2) is 6.98. The largest absolute Gasteiger partial charge is 0.381 e. The number of aromatic nitrogens is 2. The Bertz CT molecular complexity index is 816. The van der Waals surface area contributed by atoms with Crippen molar-refractivity contribution in [1.82, 2.24) is 9.55 Å². The summed E-state index contributed by atoms with van der Waals surface area (Å²) >= 11 is 6.34. The van der Waals surface area contributed by atoms with Gasteiger partial charge >= 0.3 is 0 Å². The Morgan fingerprint density at radius 2 is 2.00 bits per heavy atom. The minimum atomic E-state index is -0.943. The Morgan fingerprint density at radius 3 is 2.61 bits per heavy atom. The normalized spacial score (nSPS) is 12.1. The van der Waals surface area contributed by atoms with Crippen molar-refractivity contribution < 1.29 is 4.21 Å². The standard InChI is InChI=1S/C17H16ClN3OS/c1-23(22)15-5-2-13(3-6-15)11-20-14-4-7-17(16(18)10-14)21-9-8-19-12-21/h2-10,12,20H,11H2,1H3/t23-/m0/s1. The van der Waals surface area contributed by atoms with Crippen LogP contribution in [-0.4, -0.2) is 20.0 Å². The molecule has 0 saturated heterocycles. The SMILES string of the molecule is C[S@](=O)c1ccc(CNc2ccc(-n3ccnc3)c(Cl)c2)cc1. The van der Waals surface area contributed by atoms with Crippen LogP contribution in [0.25, 0.3) is 5.69 Å². The second-order valence-corrected chi connectivity index (χ2v) is 6.87. The van der Waals surface area contributed by atoms with Gasteiger partial charge in [0.1, 0.15) is 0 Å². The lowest BCUT2D eigenvalue weighted by Crippen LogP contribution is -2.00. The molecule has 0 spiro atoms. The first-order chi connectivity index (χ1) is 11.1. The van der Waals surface area contributed by atoms with Gasteiger partial charge in [-0.3, -0.25) is 4.21 Å². The van der Waals surface area contributed by atoms with E-state index in [1.54, 1.807) is 18.8 Å². The summed E-state index contributed by atoms with van der Waals surface area (Å²) in [7, 11) is -0.943. The van der Waals surface area contributed by atoms with Gasteiger partial charge < -0.3 is 9.88 Å². The molecule has 3 aromatic rings. The van der Waals surface area contributed by atoms with Crippen LogP contribution in [0, 0.1) is 0 Å². The molecule has 118 valence electrons. The van der Waals surface area contributed by atoms with Gasteiger partial charge in [0.05, 0.1) is 17.0 Å². The van der Waals surface area contributed by atoms with E-state index < -0.39 is 10.8 Å². The number of rotatable bonds is 5. The van der Waals surface area contributed by atoms with E-state index in [4.69, 9.17) is 11.6 Å². The summed E-state index contributed by atoms with van der Waals surface area (Å²) in [6.07, 6.45) is 6.97. The average molecular weight is 346 g/mol. The summed E-state index contributed by atoms with van der Waals surface area (Å²) in [5, 5.41) is 3.99. The molecule has 23 heavy (non-hydrogen) atoms. The molecule has 0 aliphatic rings. The fraction of sp³-hybridized carbons (Fsp3) is 0.118. The Balaban J connectivity index is 1.69. The van der Waals surface area contributed by atoms with E-state index in [1.165, 1.54) is 0 Å². The van der Waals surface area contributed by atoms with Crippen LogP contribution in [0.5, 0.6) is 0 Å². The van der Waals surface area contributed by atoms with Crippen LogP contribution in [0.3, 0.4) is 0 Å². The summed E-state index contributed by atoms with van der Waals surface area (Å²) < 4.78 is 13.2. The van der Waals surface area contributed by atoms with Gasteiger partial charge in [-0.25, -0.2) is 4.98 Å². The highest BCUT2D eigenvalue weighted by molar-refractivity contribution is 7.84. The van der Waals surface area contributed by atoms with Gasteiger partial charge in [0.15, 0.2) is 0 Å². The predicted octanol–water partition coefficient (Wildman–Crippen LogP) is 3.88. The van der Waals surface area contributed by atoms with Crippen LogP contribution in [0.2, 0.25) is 5.02 Å². The van der Waals surface area contributed by atoms with Gasteiger partial charge in [0, 0.05) is 46.6 Å². The minimum absolute atomic E-state index is 0.657. The molecule has 0 fully saturated rings. The first kappa shape index (κ1) is 15.8. The van der Waals surface area contributed by atoms with E-state index >= 15 is 0 Å². The highest BCUT2D eigenvalue weighted by Crippen LogP contribution is 2.24. The topological polar surface area (TPSA) is 46.9 Å². The number of imidazole rings is 1. The molecule has 3 rings (SSSR count). The highest BCUT2D eigenvalue weighted by atomic mass is 35.5. The summed E-state index contributed by atoms with van der Waals surface area (Å²) in [6, 6.07) is 13.6. The van der Waals surface area contributed by atoms with Crippen molar-refractivity contribution in [3.05, 3.63) is 71.8 Å². The number of nitrogens with one attached hydrogen (secondary N) is 1. The molecule has 0 bridgehead atoms. The van der Waals surface area contributed by atoms with Gasteiger partial charge in [0.25, 0.3) is 0 Å². The van der Waals surface area contributed by atoms with Crippen molar-refractivity contribution in [1.29, 1.82) is 0 Å². The minimum Gasteiger partial charge on any atom is -0.381 e. The van der Waals surface area contributed by atoms with E-state index in [0.717, 1.165) is 21.8 Å². The summed E-state index contributed by atoms with van der Waals surface area (Å²) in [5.41, 5.74) is 2.96. The zero-order chi connectivity index (χ0) is 16.2. The van der Waals surface area contributed by atoms with Crippen LogP contribution in [0.4, 0.5) is 5.69 Å². The second-order valence-electron chi connectivity index (χ2n) is 5.09. The molecule has 4 nitrogen and oxygen atoms in total. The van der Waals surface area contributed by atoms with Gasteiger partial charge in [0.2, 0.25) is 0 Å². The maximum Gasteiger partial charge on any atom is 0.0992 e. The van der Waals surface area contributed by atoms with Crippen LogP contribution >= 0.6 is 11.6 Å². The van der Waals surface area contributed by atoms with Gasteiger partial charge in [-0.2, -0.15) is 0 Å². The van der Waals surface area contributed by atoms with E-state index in [2.05, 4.69) is 10.3 Å². The lowest BCUT2D eigenvalue weighted by Gasteiger charge is -2.10. The molecule has 1 heterocycles. The number of anilines is 1. The van der Waals surface area contributed by atoms with Crippen molar-refractivity contribution in [2.24, 2.45) is 0 Å². The molecule has 1 N–H and O–H groups in total. The maximum atomic E-state index is 11.4.